The number of anilines is 1. The Bertz CT molecular complexity index is 1040. The van der Waals surface area contributed by atoms with Crippen LogP contribution < -0.4 is 16.6 Å². The van der Waals surface area contributed by atoms with E-state index in [1.165, 1.54) is 25.4 Å². The zero-order valence-corrected chi connectivity index (χ0v) is 13.0. The van der Waals surface area contributed by atoms with Gasteiger partial charge in [0.05, 0.1) is 5.69 Å². The lowest BCUT2D eigenvalue weighted by Gasteiger charge is -2.09. The van der Waals surface area contributed by atoms with Gasteiger partial charge in [0.1, 0.15) is 11.6 Å². The first-order valence-corrected chi connectivity index (χ1v) is 7.16. The third-order valence-corrected chi connectivity index (χ3v) is 3.37. The second-order valence-electron chi connectivity index (χ2n) is 5.05. The SMILES string of the molecule is Cn1c(=O)c(C(=O)Nc2ccccn2)nn(-c2ccc(F)cc2)c1=O. The third-order valence-electron chi connectivity index (χ3n) is 3.37. The number of aromatic nitrogens is 4. The quantitative estimate of drug-likeness (QED) is 0.757. The zero-order valence-electron chi connectivity index (χ0n) is 13.0. The molecule has 8 nitrogen and oxygen atoms in total. The van der Waals surface area contributed by atoms with Gasteiger partial charge in [0, 0.05) is 13.2 Å². The van der Waals surface area contributed by atoms with Crippen LogP contribution in [0.4, 0.5) is 10.2 Å². The van der Waals surface area contributed by atoms with Crippen LogP contribution in [0, 0.1) is 5.82 Å². The molecule has 0 radical (unpaired) electrons. The molecule has 0 unspecified atom stereocenters. The highest BCUT2D eigenvalue weighted by atomic mass is 19.1. The standard InChI is InChI=1S/C16H12FN5O3/c1-21-15(24)13(14(23)19-12-4-2-3-9-18-12)20-22(16(21)25)11-7-5-10(17)6-8-11/h2-9H,1H3,(H,18,19,23). The van der Waals surface area contributed by atoms with Crippen molar-refractivity contribution >= 4 is 11.7 Å². The molecule has 0 bridgehead atoms. The number of halogens is 1. The Morgan fingerprint density at radius 2 is 1.84 bits per heavy atom. The Labute approximate surface area is 140 Å². The van der Waals surface area contributed by atoms with Gasteiger partial charge in [-0.3, -0.25) is 14.2 Å². The topological polar surface area (TPSA) is 98.9 Å². The Hall–Kier alpha value is -3.62. The van der Waals surface area contributed by atoms with Crippen LogP contribution in [0.5, 0.6) is 0 Å². The maximum atomic E-state index is 13.1. The van der Waals surface area contributed by atoms with Crippen LogP contribution in [0.15, 0.2) is 58.3 Å². The predicted molar refractivity (Wildman–Crippen MR) is 87.2 cm³/mol. The lowest BCUT2D eigenvalue weighted by molar-refractivity contribution is 0.101. The van der Waals surface area contributed by atoms with Crippen LogP contribution in [0.25, 0.3) is 5.69 Å². The minimum atomic E-state index is -0.850. The molecule has 1 aromatic carbocycles. The van der Waals surface area contributed by atoms with Gasteiger partial charge in [-0.25, -0.2) is 14.2 Å². The summed E-state index contributed by atoms with van der Waals surface area (Å²) in [5, 5.41) is 6.27. The molecule has 0 atom stereocenters. The van der Waals surface area contributed by atoms with Gasteiger partial charge >= 0.3 is 5.69 Å². The first-order valence-electron chi connectivity index (χ1n) is 7.16. The molecular weight excluding hydrogens is 329 g/mol. The van der Waals surface area contributed by atoms with Gasteiger partial charge < -0.3 is 5.32 Å². The number of carbonyl (C=O) groups is 1. The van der Waals surface area contributed by atoms with E-state index in [-0.39, 0.29) is 11.5 Å². The van der Waals surface area contributed by atoms with E-state index in [2.05, 4.69) is 15.4 Å². The normalized spacial score (nSPS) is 10.5. The van der Waals surface area contributed by atoms with Crippen LogP contribution in [0.3, 0.4) is 0 Å². The van der Waals surface area contributed by atoms with E-state index in [0.717, 1.165) is 21.4 Å². The molecule has 0 aliphatic carbocycles. The number of pyridine rings is 1. The maximum Gasteiger partial charge on any atom is 0.351 e. The van der Waals surface area contributed by atoms with Crippen molar-refractivity contribution in [1.29, 1.82) is 0 Å². The summed E-state index contributed by atoms with van der Waals surface area (Å²) in [6.45, 7) is 0. The van der Waals surface area contributed by atoms with Crippen LogP contribution in [0.1, 0.15) is 10.5 Å². The van der Waals surface area contributed by atoms with Crippen LogP contribution in [-0.2, 0) is 7.05 Å². The number of rotatable bonds is 3. The number of amides is 1. The molecular formula is C16H12FN5O3. The van der Waals surface area contributed by atoms with E-state index < -0.39 is 28.7 Å². The third kappa shape index (κ3) is 3.20. The summed E-state index contributed by atoms with van der Waals surface area (Å²) in [6, 6.07) is 9.78. The van der Waals surface area contributed by atoms with E-state index >= 15 is 0 Å². The van der Waals surface area contributed by atoms with Crippen molar-refractivity contribution in [3.05, 3.63) is 81.0 Å². The van der Waals surface area contributed by atoms with E-state index in [1.807, 2.05) is 0 Å². The van der Waals surface area contributed by atoms with Crippen molar-refractivity contribution in [2.75, 3.05) is 5.32 Å². The molecule has 1 N–H and O–H groups in total. The average molecular weight is 341 g/mol. The molecule has 3 rings (SSSR count). The van der Waals surface area contributed by atoms with Crippen molar-refractivity contribution in [3.8, 4) is 5.69 Å². The second-order valence-corrected chi connectivity index (χ2v) is 5.05. The smallest absolute Gasteiger partial charge is 0.305 e. The lowest BCUT2D eigenvalue weighted by atomic mass is 10.3. The number of nitrogens with one attached hydrogen (secondary N) is 1. The molecule has 2 aromatic heterocycles. The van der Waals surface area contributed by atoms with E-state index in [4.69, 9.17) is 0 Å². The lowest BCUT2D eigenvalue weighted by Crippen LogP contribution is -2.43. The van der Waals surface area contributed by atoms with Gasteiger partial charge in [-0.15, -0.1) is 0 Å². The fourth-order valence-corrected chi connectivity index (χ4v) is 2.08. The summed E-state index contributed by atoms with van der Waals surface area (Å²) in [7, 11) is 1.23. The van der Waals surface area contributed by atoms with Gasteiger partial charge in [0.15, 0.2) is 0 Å². The monoisotopic (exact) mass is 341 g/mol. The molecule has 0 aliphatic heterocycles. The van der Waals surface area contributed by atoms with Gasteiger partial charge in [0.2, 0.25) is 5.69 Å². The summed E-state index contributed by atoms with van der Waals surface area (Å²) >= 11 is 0. The molecule has 0 saturated heterocycles. The fraction of sp³-hybridized carbons (Fsp3) is 0.0625. The number of hydrogen-bond acceptors (Lipinski definition) is 5. The second kappa shape index (κ2) is 6.48. The summed E-state index contributed by atoms with van der Waals surface area (Å²) in [4.78, 5) is 40.7. The number of benzene rings is 1. The molecule has 9 heteroatoms. The largest absolute Gasteiger partial charge is 0.351 e. The zero-order chi connectivity index (χ0) is 18.0. The summed E-state index contributed by atoms with van der Waals surface area (Å²) in [5.41, 5.74) is -1.88. The predicted octanol–water partition coefficient (Wildman–Crippen LogP) is 0.718. The molecule has 25 heavy (non-hydrogen) atoms. The Morgan fingerprint density at radius 1 is 1.12 bits per heavy atom. The van der Waals surface area contributed by atoms with Crippen LogP contribution >= 0.6 is 0 Å². The Balaban J connectivity index is 2.08. The first kappa shape index (κ1) is 16.2. The van der Waals surface area contributed by atoms with E-state index in [1.54, 1.807) is 18.2 Å². The van der Waals surface area contributed by atoms with Crippen LogP contribution in [0.2, 0.25) is 0 Å². The molecule has 3 aromatic rings. The van der Waals surface area contributed by atoms with Gasteiger partial charge in [-0.05, 0) is 36.4 Å². The highest BCUT2D eigenvalue weighted by molar-refractivity contribution is 6.01. The van der Waals surface area contributed by atoms with E-state index in [9.17, 15) is 18.8 Å². The molecule has 0 spiro atoms. The highest BCUT2D eigenvalue weighted by Gasteiger charge is 2.19. The number of nitrogens with zero attached hydrogens (tertiary/aromatic N) is 4. The Kier molecular flexibility index (Phi) is 4.21. The number of hydrogen-bond donors (Lipinski definition) is 1. The molecule has 0 saturated carbocycles. The molecule has 2 heterocycles. The summed E-state index contributed by atoms with van der Waals surface area (Å²) < 4.78 is 14.7. The molecule has 0 fully saturated rings. The number of carbonyl (C=O) groups excluding carboxylic acids is 1. The Morgan fingerprint density at radius 3 is 2.48 bits per heavy atom. The van der Waals surface area contributed by atoms with Crippen molar-refractivity contribution in [1.82, 2.24) is 19.3 Å². The van der Waals surface area contributed by atoms with Crippen molar-refractivity contribution in [2.45, 2.75) is 0 Å². The molecule has 126 valence electrons. The van der Waals surface area contributed by atoms with Crippen molar-refractivity contribution < 1.29 is 9.18 Å². The van der Waals surface area contributed by atoms with Gasteiger partial charge in [-0.1, -0.05) is 6.07 Å². The van der Waals surface area contributed by atoms with Crippen molar-refractivity contribution in [2.24, 2.45) is 7.05 Å². The van der Waals surface area contributed by atoms with Crippen LogP contribution in [-0.4, -0.2) is 25.2 Å². The molecule has 1 amide bonds. The van der Waals surface area contributed by atoms with E-state index in [0.29, 0.717) is 0 Å². The molecule has 0 aliphatic rings. The van der Waals surface area contributed by atoms with Gasteiger partial charge in [0.25, 0.3) is 11.5 Å². The highest BCUT2D eigenvalue weighted by Crippen LogP contribution is 2.06. The maximum absolute atomic E-state index is 13.1. The average Bonchev–Trinajstić information content (AvgIpc) is 2.62. The minimum absolute atomic E-state index is 0.217. The first-order chi connectivity index (χ1) is 12.0. The minimum Gasteiger partial charge on any atom is -0.305 e. The summed E-state index contributed by atoms with van der Waals surface area (Å²) in [5.74, 6) is -1.07. The summed E-state index contributed by atoms with van der Waals surface area (Å²) in [6.07, 6.45) is 1.47. The van der Waals surface area contributed by atoms with Crippen molar-refractivity contribution in [3.63, 3.8) is 0 Å². The fourth-order valence-electron chi connectivity index (χ4n) is 2.08. The van der Waals surface area contributed by atoms with Gasteiger partial charge in [-0.2, -0.15) is 9.78 Å².